The van der Waals surface area contributed by atoms with Crippen molar-refractivity contribution in [2.45, 2.75) is 0 Å². The van der Waals surface area contributed by atoms with Gasteiger partial charge in [-0.25, -0.2) is 18.7 Å². The predicted octanol–water partition coefficient (Wildman–Crippen LogP) is 3.46. The molecule has 148 valence electrons. The third-order valence-electron chi connectivity index (χ3n) is 4.79. The number of para-hydroxylation sites is 2. The molecule has 8 heteroatoms. The Kier molecular flexibility index (Phi) is 5.33. The summed E-state index contributed by atoms with van der Waals surface area (Å²) in [6.07, 6.45) is 2.72. The number of nitrogens with one attached hydrogen (secondary N) is 1. The van der Waals surface area contributed by atoms with E-state index >= 15 is 0 Å². The molecular weight excluding hydrogens is 376 g/mol. The lowest BCUT2D eigenvalue weighted by Gasteiger charge is -2.36. The summed E-state index contributed by atoms with van der Waals surface area (Å²) in [6, 6.07) is 13.6. The normalized spacial score (nSPS) is 14.0. The third kappa shape index (κ3) is 4.16. The summed E-state index contributed by atoms with van der Waals surface area (Å²) in [5, 5.41) is 2.51. The number of hydrogen-bond acceptors (Lipinski definition) is 5. The van der Waals surface area contributed by atoms with Crippen LogP contribution in [0.3, 0.4) is 0 Å². The topological polar surface area (TPSA) is 61.4 Å². The van der Waals surface area contributed by atoms with E-state index in [4.69, 9.17) is 0 Å². The second-order valence-corrected chi connectivity index (χ2v) is 6.63. The van der Waals surface area contributed by atoms with Gasteiger partial charge in [-0.2, -0.15) is 0 Å². The van der Waals surface area contributed by atoms with Crippen LogP contribution in [0.1, 0.15) is 10.4 Å². The highest BCUT2D eigenvalue weighted by atomic mass is 19.1. The summed E-state index contributed by atoms with van der Waals surface area (Å²) in [6.45, 7) is 2.66. The van der Waals surface area contributed by atoms with Gasteiger partial charge in [0.05, 0.1) is 5.56 Å². The van der Waals surface area contributed by atoms with Crippen molar-refractivity contribution in [3.63, 3.8) is 0 Å². The summed E-state index contributed by atoms with van der Waals surface area (Å²) in [5.41, 5.74) is 1.14. The molecule has 1 saturated heterocycles. The van der Waals surface area contributed by atoms with Crippen molar-refractivity contribution in [3.8, 4) is 0 Å². The van der Waals surface area contributed by atoms with Gasteiger partial charge in [0, 0.05) is 44.3 Å². The monoisotopic (exact) mass is 395 g/mol. The first-order chi connectivity index (χ1) is 14.1. The van der Waals surface area contributed by atoms with E-state index in [1.165, 1.54) is 18.5 Å². The summed E-state index contributed by atoms with van der Waals surface area (Å²) < 4.78 is 27.4. The number of aromatic nitrogens is 2. The Labute approximate surface area is 166 Å². The highest BCUT2D eigenvalue weighted by molar-refractivity contribution is 5.94. The zero-order valence-corrected chi connectivity index (χ0v) is 15.6. The molecule has 2 heterocycles. The number of halogens is 2. The molecule has 1 aliphatic heterocycles. The van der Waals surface area contributed by atoms with Gasteiger partial charge in [-0.3, -0.25) is 4.79 Å². The van der Waals surface area contributed by atoms with Crippen molar-refractivity contribution >= 4 is 23.2 Å². The van der Waals surface area contributed by atoms with Gasteiger partial charge < -0.3 is 15.1 Å². The highest BCUT2D eigenvalue weighted by Crippen LogP contribution is 2.21. The zero-order chi connectivity index (χ0) is 20.2. The zero-order valence-electron chi connectivity index (χ0n) is 15.6. The standard InChI is InChI=1S/C21H19F2N5O/c22-17-7-4-8-18(23)19(17)26-21-24-13-15(14-25-21)20(29)28-11-9-27(10-12-28)16-5-2-1-3-6-16/h1-8,13-14H,9-12H2,(H,24,25,26). The summed E-state index contributed by atoms with van der Waals surface area (Å²) in [4.78, 5) is 24.7. The van der Waals surface area contributed by atoms with Crippen LogP contribution in [0.5, 0.6) is 0 Å². The molecule has 0 spiro atoms. The van der Waals surface area contributed by atoms with Crippen LogP contribution < -0.4 is 10.2 Å². The maximum Gasteiger partial charge on any atom is 0.257 e. The number of benzene rings is 2. The first-order valence-corrected chi connectivity index (χ1v) is 9.24. The van der Waals surface area contributed by atoms with Crippen molar-refractivity contribution < 1.29 is 13.6 Å². The molecule has 6 nitrogen and oxygen atoms in total. The van der Waals surface area contributed by atoms with Crippen LogP contribution in [0.4, 0.5) is 26.1 Å². The first-order valence-electron chi connectivity index (χ1n) is 9.24. The van der Waals surface area contributed by atoms with Gasteiger partial charge in [0.2, 0.25) is 5.95 Å². The second-order valence-electron chi connectivity index (χ2n) is 6.63. The molecule has 2 aromatic carbocycles. The van der Waals surface area contributed by atoms with Gasteiger partial charge in [0.1, 0.15) is 17.3 Å². The lowest BCUT2D eigenvalue weighted by atomic mass is 10.2. The SMILES string of the molecule is O=C(c1cnc(Nc2c(F)cccc2F)nc1)N1CCN(c2ccccc2)CC1. The van der Waals surface area contributed by atoms with Gasteiger partial charge >= 0.3 is 0 Å². The Bertz CT molecular complexity index is 969. The van der Waals surface area contributed by atoms with Crippen LogP contribution in [-0.2, 0) is 0 Å². The highest BCUT2D eigenvalue weighted by Gasteiger charge is 2.23. The lowest BCUT2D eigenvalue weighted by molar-refractivity contribution is 0.0746. The molecule has 0 bridgehead atoms. The number of carbonyl (C=O) groups is 1. The third-order valence-corrected chi connectivity index (χ3v) is 4.79. The van der Waals surface area contributed by atoms with Gasteiger partial charge in [-0.15, -0.1) is 0 Å². The average Bonchev–Trinajstić information content (AvgIpc) is 2.77. The molecule has 3 aromatic rings. The number of amides is 1. The van der Waals surface area contributed by atoms with Crippen LogP contribution in [0.25, 0.3) is 0 Å². The average molecular weight is 395 g/mol. The van der Waals surface area contributed by atoms with Gasteiger partial charge in [0.25, 0.3) is 5.91 Å². The van der Waals surface area contributed by atoms with E-state index in [9.17, 15) is 13.6 Å². The minimum Gasteiger partial charge on any atom is -0.368 e. The molecule has 1 aromatic heterocycles. The molecule has 1 N–H and O–H groups in total. The van der Waals surface area contributed by atoms with Crippen LogP contribution >= 0.6 is 0 Å². The minimum atomic E-state index is -0.745. The Balaban J connectivity index is 1.39. The fourth-order valence-corrected chi connectivity index (χ4v) is 3.22. The van der Waals surface area contributed by atoms with Crippen molar-refractivity contribution in [1.29, 1.82) is 0 Å². The minimum absolute atomic E-state index is 0.0134. The number of rotatable bonds is 4. The Morgan fingerprint density at radius 1 is 0.862 bits per heavy atom. The van der Waals surface area contributed by atoms with E-state index < -0.39 is 11.6 Å². The van der Waals surface area contributed by atoms with E-state index in [1.807, 2.05) is 18.2 Å². The molecule has 0 unspecified atom stereocenters. The Morgan fingerprint density at radius 2 is 1.48 bits per heavy atom. The molecule has 1 amide bonds. The van der Waals surface area contributed by atoms with E-state index in [0.29, 0.717) is 18.7 Å². The maximum absolute atomic E-state index is 13.7. The van der Waals surface area contributed by atoms with E-state index in [-0.39, 0.29) is 17.5 Å². The van der Waals surface area contributed by atoms with E-state index in [0.717, 1.165) is 30.9 Å². The fraction of sp³-hybridized carbons (Fsp3) is 0.190. The Morgan fingerprint density at radius 3 is 2.10 bits per heavy atom. The van der Waals surface area contributed by atoms with Crippen molar-refractivity contribution in [1.82, 2.24) is 14.9 Å². The summed E-state index contributed by atoms with van der Waals surface area (Å²) in [7, 11) is 0. The summed E-state index contributed by atoms with van der Waals surface area (Å²) in [5.74, 6) is -1.64. The number of carbonyl (C=O) groups excluding carboxylic acids is 1. The number of anilines is 3. The maximum atomic E-state index is 13.7. The van der Waals surface area contributed by atoms with Crippen molar-refractivity contribution in [3.05, 3.63) is 78.1 Å². The van der Waals surface area contributed by atoms with Gasteiger partial charge in [-0.1, -0.05) is 24.3 Å². The molecule has 0 saturated carbocycles. The lowest BCUT2D eigenvalue weighted by Crippen LogP contribution is -2.48. The fourth-order valence-electron chi connectivity index (χ4n) is 3.22. The van der Waals surface area contributed by atoms with E-state index in [2.05, 4.69) is 32.3 Å². The first kappa shape index (κ1) is 18.8. The van der Waals surface area contributed by atoms with Gasteiger partial charge in [-0.05, 0) is 24.3 Å². The van der Waals surface area contributed by atoms with E-state index in [1.54, 1.807) is 4.90 Å². The van der Waals surface area contributed by atoms with Crippen molar-refractivity contribution in [2.75, 3.05) is 36.4 Å². The van der Waals surface area contributed by atoms with Crippen LogP contribution in [-0.4, -0.2) is 47.0 Å². The van der Waals surface area contributed by atoms with Gasteiger partial charge in [0.15, 0.2) is 0 Å². The predicted molar refractivity (Wildman–Crippen MR) is 106 cm³/mol. The molecule has 4 rings (SSSR count). The van der Waals surface area contributed by atoms with Crippen LogP contribution in [0, 0.1) is 11.6 Å². The molecule has 1 aliphatic rings. The molecule has 0 aliphatic carbocycles. The van der Waals surface area contributed by atoms with Crippen LogP contribution in [0.15, 0.2) is 60.9 Å². The molecule has 0 atom stereocenters. The molecular formula is C21H19F2N5O. The Hall–Kier alpha value is -3.55. The molecule has 0 radical (unpaired) electrons. The number of nitrogens with zero attached hydrogens (tertiary/aromatic N) is 4. The quantitative estimate of drug-likeness (QED) is 0.733. The molecule has 1 fully saturated rings. The second kappa shape index (κ2) is 8.22. The number of piperazine rings is 1. The van der Waals surface area contributed by atoms with Crippen LogP contribution in [0.2, 0.25) is 0 Å². The largest absolute Gasteiger partial charge is 0.368 e. The summed E-state index contributed by atoms with van der Waals surface area (Å²) >= 11 is 0. The van der Waals surface area contributed by atoms with Crippen molar-refractivity contribution in [2.24, 2.45) is 0 Å². The number of hydrogen-bond donors (Lipinski definition) is 1. The molecule has 29 heavy (non-hydrogen) atoms. The smallest absolute Gasteiger partial charge is 0.257 e.